The van der Waals surface area contributed by atoms with Crippen LogP contribution in [0.2, 0.25) is 0 Å². The Morgan fingerprint density at radius 2 is 1.81 bits per heavy atom. The molecule has 1 unspecified atom stereocenters. The number of anilines is 1. The molecule has 0 aliphatic carbocycles. The Bertz CT molecular complexity index is 1330. The number of hydrogen-bond donors (Lipinski definition) is 1. The second kappa shape index (κ2) is 7.32. The molecule has 1 amide bonds. The highest BCUT2D eigenvalue weighted by atomic mass is 16.7. The summed E-state index contributed by atoms with van der Waals surface area (Å²) in [4.78, 5) is 27.4. The summed E-state index contributed by atoms with van der Waals surface area (Å²) in [6.07, 6.45) is 0. The van der Waals surface area contributed by atoms with E-state index in [1.165, 1.54) is 4.90 Å². The van der Waals surface area contributed by atoms with E-state index >= 15 is 0 Å². The third-order valence-electron chi connectivity index (χ3n) is 5.40. The zero-order valence-electron chi connectivity index (χ0n) is 16.9. The van der Waals surface area contributed by atoms with Crippen molar-refractivity contribution in [1.82, 2.24) is 0 Å². The number of carbonyl (C=O) groups is 2. The maximum atomic E-state index is 13.1. The van der Waals surface area contributed by atoms with E-state index in [0.717, 1.165) is 0 Å². The van der Waals surface area contributed by atoms with Gasteiger partial charge in [-0.3, -0.25) is 14.5 Å². The van der Waals surface area contributed by atoms with E-state index in [-0.39, 0.29) is 18.1 Å². The Balaban J connectivity index is 1.68. The summed E-state index contributed by atoms with van der Waals surface area (Å²) in [7, 11) is 0. The maximum absolute atomic E-state index is 13.1. The van der Waals surface area contributed by atoms with Crippen LogP contribution >= 0.6 is 0 Å². The fourth-order valence-corrected chi connectivity index (χ4v) is 3.86. The summed E-state index contributed by atoms with van der Waals surface area (Å²) < 4.78 is 16.4. The number of rotatable bonds is 3. The van der Waals surface area contributed by atoms with Crippen molar-refractivity contribution in [3.05, 3.63) is 82.8 Å². The Morgan fingerprint density at radius 1 is 1.06 bits per heavy atom. The number of hydrogen-bond acceptors (Lipinski definition) is 7. The molecule has 32 heavy (non-hydrogen) atoms. The maximum Gasteiger partial charge on any atom is 0.300 e. The molecular formula is C24H16N2O6. The van der Waals surface area contributed by atoms with Crippen LogP contribution in [0.5, 0.6) is 11.5 Å². The highest BCUT2D eigenvalue weighted by Gasteiger charge is 2.48. The third-order valence-corrected chi connectivity index (χ3v) is 5.40. The van der Waals surface area contributed by atoms with Crippen LogP contribution in [0.4, 0.5) is 5.69 Å². The lowest BCUT2D eigenvalue weighted by molar-refractivity contribution is -0.132. The number of benzene rings is 2. The number of aryl methyl sites for hydroxylation is 1. The highest BCUT2D eigenvalue weighted by Crippen LogP contribution is 2.43. The van der Waals surface area contributed by atoms with Gasteiger partial charge in [-0.1, -0.05) is 0 Å². The third kappa shape index (κ3) is 2.99. The predicted octanol–water partition coefficient (Wildman–Crippen LogP) is 3.81. The van der Waals surface area contributed by atoms with Gasteiger partial charge in [0.25, 0.3) is 11.7 Å². The number of carbonyl (C=O) groups excluding carboxylic acids is 2. The largest absolute Gasteiger partial charge is 0.507 e. The van der Waals surface area contributed by atoms with E-state index < -0.39 is 17.7 Å². The second-order valence-electron chi connectivity index (χ2n) is 7.34. The van der Waals surface area contributed by atoms with Crippen molar-refractivity contribution in [1.29, 1.82) is 5.26 Å². The zero-order valence-corrected chi connectivity index (χ0v) is 16.9. The molecule has 8 nitrogen and oxygen atoms in total. The van der Waals surface area contributed by atoms with Gasteiger partial charge in [-0.2, -0.15) is 5.26 Å². The lowest BCUT2D eigenvalue weighted by Gasteiger charge is -2.23. The van der Waals surface area contributed by atoms with Crippen LogP contribution in [0, 0.1) is 18.3 Å². The van der Waals surface area contributed by atoms with Crippen molar-refractivity contribution in [2.45, 2.75) is 13.0 Å². The van der Waals surface area contributed by atoms with Crippen LogP contribution in [-0.2, 0) is 9.59 Å². The molecule has 2 aliphatic heterocycles. The first kappa shape index (κ1) is 19.5. The smallest absolute Gasteiger partial charge is 0.300 e. The number of ketones is 1. The molecule has 2 aliphatic rings. The Labute approximate surface area is 182 Å². The van der Waals surface area contributed by atoms with Crippen molar-refractivity contribution in [3.8, 4) is 17.6 Å². The van der Waals surface area contributed by atoms with E-state index in [1.807, 2.05) is 6.07 Å². The van der Waals surface area contributed by atoms with Crippen molar-refractivity contribution < 1.29 is 28.6 Å². The first-order valence-electron chi connectivity index (χ1n) is 9.75. The number of fused-ring (bicyclic) bond motifs is 1. The number of aliphatic hydroxyl groups excluding tert-OH is 1. The van der Waals surface area contributed by atoms with Gasteiger partial charge in [-0.15, -0.1) is 0 Å². The van der Waals surface area contributed by atoms with E-state index in [1.54, 1.807) is 61.5 Å². The minimum absolute atomic E-state index is 0.0638. The van der Waals surface area contributed by atoms with Crippen LogP contribution in [0.15, 0.2) is 64.6 Å². The molecule has 3 aromatic rings. The summed E-state index contributed by atoms with van der Waals surface area (Å²) in [6, 6.07) is 15.4. The number of aliphatic hydroxyl groups is 1. The van der Waals surface area contributed by atoms with Gasteiger partial charge in [-0.05, 0) is 61.5 Å². The van der Waals surface area contributed by atoms with Gasteiger partial charge in [0, 0.05) is 11.3 Å². The van der Waals surface area contributed by atoms with Gasteiger partial charge in [0.1, 0.15) is 23.3 Å². The first-order valence-corrected chi connectivity index (χ1v) is 9.75. The molecule has 1 saturated heterocycles. The van der Waals surface area contributed by atoms with E-state index in [0.29, 0.717) is 39.8 Å². The average molecular weight is 428 g/mol. The van der Waals surface area contributed by atoms with Crippen LogP contribution < -0.4 is 14.4 Å². The molecule has 158 valence electrons. The first-order chi connectivity index (χ1) is 15.5. The quantitative estimate of drug-likeness (QED) is 0.383. The Morgan fingerprint density at radius 3 is 2.50 bits per heavy atom. The Kier molecular flexibility index (Phi) is 4.45. The van der Waals surface area contributed by atoms with Crippen molar-refractivity contribution >= 4 is 23.1 Å². The predicted molar refractivity (Wildman–Crippen MR) is 112 cm³/mol. The number of nitriles is 1. The lowest BCUT2D eigenvalue weighted by atomic mass is 9.99. The fraction of sp³-hybridized carbons (Fsp3) is 0.125. The summed E-state index contributed by atoms with van der Waals surface area (Å²) in [5.41, 5.74) is 1.01. The van der Waals surface area contributed by atoms with Gasteiger partial charge in [0.2, 0.25) is 6.79 Å². The molecule has 0 saturated carbocycles. The molecule has 2 aromatic carbocycles. The van der Waals surface area contributed by atoms with Gasteiger partial charge in [0.15, 0.2) is 11.5 Å². The molecule has 3 heterocycles. The van der Waals surface area contributed by atoms with Crippen molar-refractivity contribution in [2.24, 2.45) is 0 Å². The molecule has 0 spiro atoms. The molecule has 0 radical (unpaired) electrons. The number of nitrogens with zero attached hydrogens (tertiary/aromatic N) is 2. The monoisotopic (exact) mass is 428 g/mol. The molecule has 8 heteroatoms. The van der Waals surface area contributed by atoms with Crippen molar-refractivity contribution in [3.63, 3.8) is 0 Å². The number of furan rings is 1. The molecule has 5 rings (SSSR count). The summed E-state index contributed by atoms with van der Waals surface area (Å²) in [6.45, 7) is 1.81. The van der Waals surface area contributed by atoms with Crippen molar-refractivity contribution in [2.75, 3.05) is 11.7 Å². The molecule has 1 fully saturated rings. The van der Waals surface area contributed by atoms with Crippen LogP contribution in [0.1, 0.15) is 28.7 Å². The second-order valence-corrected chi connectivity index (χ2v) is 7.34. The normalized spacial score (nSPS) is 18.8. The topological polar surface area (TPSA) is 113 Å². The molecule has 1 N–H and O–H groups in total. The summed E-state index contributed by atoms with van der Waals surface area (Å²) >= 11 is 0. The molecule has 0 bridgehead atoms. The minimum Gasteiger partial charge on any atom is -0.507 e. The Hall–Kier alpha value is -4.51. The zero-order chi connectivity index (χ0) is 22.4. The van der Waals surface area contributed by atoms with E-state index in [2.05, 4.69) is 0 Å². The van der Waals surface area contributed by atoms with Crippen LogP contribution in [-0.4, -0.2) is 23.6 Å². The minimum atomic E-state index is -0.984. The van der Waals surface area contributed by atoms with E-state index in [9.17, 15) is 14.7 Å². The van der Waals surface area contributed by atoms with Gasteiger partial charge < -0.3 is 19.0 Å². The van der Waals surface area contributed by atoms with Crippen LogP contribution in [0.25, 0.3) is 5.76 Å². The standard InChI is InChI=1S/C24H16N2O6/c1-13-2-8-18(32-13)21-20(22(27)15-5-9-17-19(10-15)31-12-30-17)23(28)24(29)26(21)16-6-3-14(11-25)4-7-16/h2-10,21,27H,12H2,1H3/b22-20-. The van der Waals surface area contributed by atoms with Gasteiger partial charge >= 0.3 is 0 Å². The van der Waals surface area contributed by atoms with E-state index in [4.69, 9.17) is 19.2 Å². The van der Waals surface area contributed by atoms with Gasteiger partial charge in [-0.25, -0.2) is 0 Å². The molecule has 1 aromatic heterocycles. The number of Topliss-reactive ketones (excluding diaryl/α,β-unsaturated/α-hetero) is 1. The number of amides is 1. The summed E-state index contributed by atoms with van der Waals surface area (Å²) in [5.74, 6) is -0.128. The SMILES string of the molecule is Cc1ccc(C2/C(=C(/O)c3ccc4c(c3)OCO4)C(=O)C(=O)N2c2ccc(C#N)cc2)o1. The van der Waals surface area contributed by atoms with Crippen LogP contribution in [0.3, 0.4) is 0 Å². The fourth-order valence-electron chi connectivity index (χ4n) is 3.86. The highest BCUT2D eigenvalue weighted by molar-refractivity contribution is 6.51. The molecule has 1 atom stereocenters. The summed E-state index contributed by atoms with van der Waals surface area (Å²) in [5, 5.41) is 20.2. The lowest BCUT2D eigenvalue weighted by Crippen LogP contribution is -2.29. The average Bonchev–Trinajstić information content (AvgIpc) is 3.51. The van der Waals surface area contributed by atoms with Gasteiger partial charge in [0.05, 0.1) is 17.2 Å². The number of ether oxygens (including phenoxy) is 2. The molecular weight excluding hydrogens is 412 g/mol.